The van der Waals surface area contributed by atoms with E-state index >= 15 is 0 Å². The summed E-state index contributed by atoms with van der Waals surface area (Å²) in [6.07, 6.45) is 4.93. The van der Waals surface area contributed by atoms with Gasteiger partial charge in [0.1, 0.15) is 0 Å². The van der Waals surface area contributed by atoms with Crippen LogP contribution in [0.15, 0.2) is 42.6 Å². The maximum atomic E-state index is 11.8. The van der Waals surface area contributed by atoms with Gasteiger partial charge in [-0.15, -0.1) is 0 Å². The van der Waals surface area contributed by atoms with Gasteiger partial charge in [0.2, 0.25) is 5.91 Å². The third kappa shape index (κ3) is 3.51. The molecule has 0 radical (unpaired) electrons. The van der Waals surface area contributed by atoms with E-state index in [-0.39, 0.29) is 11.8 Å². The molecule has 0 unspecified atom stereocenters. The molecule has 1 aromatic heterocycles. The van der Waals surface area contributed by atoms with Gasteiger partial charge < -0.3 is 5.32 Å². The summed E-state index contributed by atoms with van der Waals surface area (Å²) in [5, 5.41) is 7.58. The SMILES string of the molecule is O=C(NCC[C@H]1CN(Cc2ccccc2)Cc2ccnn21)C1CC1. The summed E-state index contributed by atoms with van der Waals surface area (Å²) >= 11 is 0. The van der Waals surface area contributed by atoms with E-state index in [0.29, 0.717) is 6.04 Å². The van der Waals surface area contributed by atoms with E-state index < -0.39 is 0 Å². The summed E-state index contributed by atoms with van der Waals surface area (Å²) in [5.74, 6) is 0.513. The standard InChI is InChI=1S/C19H24N4O/c24-19(16-6-7-16)20-10-8-17-13-22(12-15-4-2-1-3-5-15)14-18-9-11-21-23(17)18/h1-5,9,11,16-17H,6-8,10,12-14H2,(H,20,24)/t17-/m0/s1. The van der Waals surface area contributed by atoms with Crippen LogP contribution in [0.25, 0.3) is 0 Å². The van der Waals surface area contributed by atoms with Crippen LogP contribution >= 0.6 is 0 Å². The second kappa shape index (κ2) is 6.77. The van der Waals surface area contributed by atoms with Gasteiger partial charge in [0, 0.05) is 38.3 Å². The first-order valence-corrected chi connectivity index (χ1v) is 8.86. The predicted octanol–water partition coefficient (Wildman–Crippen LogP) is 2.36. The summed E-state index contributed by atoms with van der Waals surface area (Å²) < 4.78 is 2.14. The molecule has 24 heavy (non-hydrogen) atoms. The lowest BCUT2D eigenvalue weighted by molar-refractivity contribution is -0.122. The highest BCUT2D eigenvalue weighted by Crippen LogP contribution is 2.29. The van der Waals surface area contributed by atoms with Crippen molar-refractivity contribution in [2.45, 2.75) is 38.4 Å². The second-order valence-corrected chi connectivity index (χ2v) is 6.93. The number of nitrogens with one attached hydrogen (secondary N) is 1. The minimum Gasteiger partial charge on any atom is -0.356 e. The lowest BCUT2D eigenvalue weighted by atomic mass is 10.1. The molecular weight excluding hydrogens is 300 g/mol. The number of hydrogen-bond donors (Lipinski definition) is 1. The van der Waals surface area contributed by atoms with Crippen LogP contribution in [0.1, 0.15) is 36.6 Å². The first kappa shape index (κ1) is 15.4. The monoisotopic (exact) mass is 324 g/mol. The van der Waals surface area contributed by atoms with E-state index in [4.69, 9.17) is 0 Å². The molecule has 1 N–H and O–H groups in total. The Bertz CT molecular complexity index is 692. The van der Waals surface area contributed by atoms with Crippen molar-refractivity contribution in [3.63, 3.8) is 0 Å². The maximum Gasteiger partial charge on any atom is 0.223 e. The molecule has 1 atom stereocenters. The van der Waals surface area contributed by atoms with E-state index in [1.54, 1.807) is 0 Å². The van der Waals surface area contributed by atoms with Gasteiger partial charge in [-0.05, 0) is 30.9 Å². The fourth-order valence-electron chi connectivity index (χ4n) is 3.49. The van der Waals surface area contributed by atoms with Gasteiger partial charge in [-0.25, -0.2) is 0 Å². The fourth-order valence-corrected chi connectivity index (χ4v) is 3.49. The first-order valence-electron chi connectivity index (χ1n) is 8.86. The molecule has 0 spiro atoms. The van der Waals surface area contributed by atoms with Gasteiger partial charge in [0.25, 0.3) is 0 Å². The van der Waals surface area contributed by atoms with Crippen LogP contribution in [0.3, 0.4) is 0 Å². The highest BCUT2D eigenvalue weighted by Gasteiger charge is 2.30. The highest BCUT2D eigenvalue weighted by atomic mass is 16.2. The van der Waals surface area contributed by atoms with Crippen molar-refractivity contribution < 1.29 is 4.79 Å². The Kier molecular flexibility index (Phi) is 4.34. The number of aromatic nitrogens is 2. The number of rotatable bonds is 6. The zero-order valence-corrected chi connectivity index (χ0v) is 13.9. The van der Waals surface area contributed by atoms with Crippen LogP contribution in [0.2, 0.25) is 0 Å². The molecule has 5 nitrogen and oxygen atoms in total. The van der Waals surface area contributed by atoms with Crippen molar-refractivity contribution in [1.82, 2.24) is 20.0 Å². The van der Waals surface area contributed by atoms with Crippen molar-refractivity contribution >= 4 is 5.91 Å². The van der Waals surface area contributed by atoms with Crippen LogP contribution < -0.4 is 5.32 Å². The van der Waals surface area contributed by atoms with Gasteiger partial charge in [-0.2, -0.15) is 5.10 Å². The van der Waals surface area contributed by atoms with Gasteiger partial charge in [0.05, 0.1) is 11.7 Å². The summed E-state index contributed by atoms with van der Waals surface area (Å²) in [6, 6.07) is 13.0. The number of amides is 1. The van der Waals surface area contributed by atoms with Gasteiger partial charge in [-0.1, -0.05) is 30.3 Å². The average Bonchev–Trinajstić information content (AvgIpc) is 3.34. The molecule has 4 rings (SSSR count). The molecule has 126 valence electrons. The van der Waals surface area contributed by atoms with E-state index in [1.165, 1.54) is 11.3 Å². The Morgan fingerprint density at radius 3 is 2.83 bits per heavy atom. The van der Waals surface area contributed by atoms with E-state index in [1.807, 2.05) is 6.20 Å². The van der Waals surface area contributed by atoms with Crippen molar-refractivity contribution in [1.29, 1.82) is 0 Å². The summed E-state index contributed by atoms with van der Waals surface area (Å²) in [6.45, 7) is 3.60. The number of fused-ring (bicyclic) bond motifs is 1. The van der Waals surface area contributed by atoms with E-state index in [2.05, 4.69) is 56.4 Å². The molecule has 0 saturated heterocycles. The summed E-state index contributed by atoms with van der Waals surface area (Å²) in [7, 11) is 0. The number of carbonyl (C=O) groups is 1. The van der Waals surface area contributed by atoms with Crippen molar-refractivity contribution in [2.75, 3.05) is 13.1 Å². The quantitative estimate of drug-likeness (QED) is 0.887. The number of benzene rings is 1. The fraction of sp³-hybridized carbons (Fsp3) is 0.474. The summed E-state index contributed by atoms with van der Waals surface area (Å²) in [5.41, 5.74) is 2.60. The molecule has 2 aromatic rings. The molecule has 1 aromatic carbocycles. The molecule has 5 heteroatoms. The zero-order chi connectivity index (χ0) is 16.4. The third-order valence-corrected chi connectivity index (χ3v) is 4.93. The summed E-state index contributed by atoms with van der Waals surface area (Å²) in [4.78, 5) is 14.3. The normalized spacial score (nSPS) is 20.6. The Hall–Kier alpha value is -2.14. The first-order chi connectivity index (χ1) is 11.8. The van der Waals surface area contributed by atoms with Crippen LogP contribution in [-0.2, 0) is 17.9 Å². The predicted molar refractivity (Wildman–Crippen MR) is 92.2 cm³/mol. The van der Waals surface area contributed by atoms with Gasteiger partial charge in [-0.3, -0.25) is 14.4 Å². The molecule has 0 bridgehead atoms. The highest BCUT2D eigenvalue weighted by molar-refractivity contribution is 5.80. The Balaban J connectivity index is 1.38. The second-order valence-electron chi connectivity index (χ2n) is 6.93. The Labute approximate surface area is 142 Å². The van der Waals surface area contributed by atoms with E-state index in [0.717, 1.165) is 45.4 Å². The zero-order valence-electron chi connectivity index (χ0n) is 13.9. The Morgan fingerprint density at radius 1 is 1.21 bits per heavy atom. The van der Waals surface area contributed by atoms with Gasteiger partial charge >= 0.3 is 0 Å². The minimum atomic E-state index is 0.229. The molecule has 1 aliphatic carbocycles. The van der Waals surface area contributed by atoms with Gasteiger partial charge in [0.15, 0.2) is 0 Å². The molecule has 2 aliphatic rings. The van der Waals surface area contributed by atoms with Crippen LogP contribution in [0.4, 0.5) is 0 Å². The topological polar surface area (TPSA) is 50.2 Å². The lowest BCUT2D eigenvalue weighted by Crippen LogP contribution is -2.39. The Morgan fingerprint density at radius 2 is 2.04 bits per heavy atom. The van der Waals surface area contributed by atoms with Crippen LogP contribution in [-0.4, -0.2) is 33.7 Å². The number of nitrogens with zero attached hydrogens (tertiary/aromatic N) is 3. The molecule has 1 saturated carbocycles. The van der Waals surface area contributed by atoms with Crippen LogP contribution in [0, 0.1) is 5.92 Å². The molecular formula is C19H24N4O. The van der Waals surface area contributed by atoms with Crippen molar-refractivity contribution in [3.05, 3.63) is 53.9 Å². The molecule has 1 fully saturated rings. The molecule has 2 heterocycles. The van der Waals surface area contributed by atoms with Crippen LogP contribution in [0.5, 0.6) is 0 Å². The van der Waals surface area contributed by atoms with E-state index in [9.17, 15) is 4.79 Å². The minimum absolute atomic E-state index is 0.229. The van der Waals surface area contributed by atoms with Crippen molar-refractivity contribution in [2.24, 2.45) is 5.92 Å². The maximum absolute atomic E-state index is 11.8. The average molecular weight is 324 g/mol. The smallest absolute Gasteiger partial charge is 0.223 e. The largest absolute Gasteiger partial charge is 0.356 e. The number of carbonyl (C=O) groups excluding carboxylic acids is 1. The van der Waals surface area contributed by atoms with Crippen molar-refractivity contribution in [3.8, 4) is 0 Å². The molecule has 1 amide bonds. The lowest BCUT2D eigenvalue weighted by Gasteiger charge is -2.34. The number of hydrogen-bond acceptors (Lipinski definition) is 3. The third-order valence-electron chi connectivity index (χ3n) is 4.93. The molecule has 1 aliphatic heterocycles.